The molecule has 0 atom stereocenters. The molecule has 114 valence electrons. The molecule has 0 bridgehead atoms. The van der Waals surface area contributed by atoms with Crippen molar-refractivity contribution in [3.8, 4) is 0 Å². The van der Waals surface area contributed by atoms with Crippen molar-refractivity contribution in [2.24, 2.45) is 0 Å². The Labute approximate surface area is 130 Å². The zero-order chi connectivity index (χ0) is 16.1. The van der Waals surface area contributed by atoms with E-state index in [0.717, 1.165) is 5.69 Å². The van der Waals surface area contributed by atoms with Gasteiger partial charge in [0.05, 0.1) is 5.69 Å². The van der Waals surface area contributed by atoms with Crippen LogP contribution in [0.2, 0.25) is 0 Å². The second-order valence-corrected chi connectivity index (χ2v) is 5.41. The molecule has 0 fully saturated rings. The summed E-state index contributed by atoms with van der Waals surface area (Å²) in [5.74, 6) is -0.973. The van der Waals surface area contributed by atoms with Crippen molar-refractivity contribution in [1.29, 1.82) is 0 Å². The molecule has 0 aliphatic heterocycles. The number of nitrogens with zero attached hydrogens (tertiary/aromatic N) is 1. The predicted molar refractivity (Wildman–Crippen MR) is 88.2 cm³/mol. The van der Waals surface area contributed by atoms with Gasteiger partial charge in [0, 0.05) is 24.2 Å². The van der Waals surface area contributed by atoms with Crippen molar-refractivity contribution >= 4 is 17.3 Å². The maximum Gasteiger partial charge on any atom is 0.233 e. The van der Waals surface area contributed by atoms with Crippen LogP contribution < -0.4 is 10.4 Å². The molecule has 2 aromatic rings. The minimum Gasteiger partial charge on any atom is -0.311 e. The van der Waals surface area contributed by atoms with Gasteiger partial charge in [0.1, 0.15) is 0 Å². The fourth-order valence-corrected chi connectivity index (χ4v) is 2.15. The normalized spacial score (nSPS) is 10.5. The van der Waals surface area contributed by atoms with Crippen molar-refractivity contribution in [1.82, 2.24) is 5.43 Å². The van der Waals surface area contributed by atoms with Gasteiger partial charge in [0.2, 0.25) is 11.6 Å². The number of hydrogen-bond acceptors (Lipinski definition) is 4. The van der Waals surface area contributed by atoms with Crippen LogP contribution in [0.4, 0.5) is 5.69 Å². The number of hydrogen-bond donors (Lipinski definition) is 1. The topological polar surface area (TPSA) is 49.4 Å². The van der Waals surface area contributed by atoms with Crippen LogP contribution in [0.25, 0.3) is 0 Å². The molecule has 2 rings (SSSR count). The van der Waals surface area contributed by atoms with Gasteiger partial charge >= 0.3 is 0 Å². The first-order valence-corrected chi connectivity index (χ1v) is 7.23. The van der Waals surface area contributed by atoms with Crippen LogP contribution >= 0.6 is 0 Å². The summed E-state index contributed by atoms with van der Waals surface area (Å²) in [7, 11) is 1.91. The average Bonchev–Trinajstić information content (AvgIpc) is 2.54. The first kappa shape index (κ1) is 15.9. The molecule has 0 radical (unpaired) electrons. The summed E-state index contributed by atoms with van der Waals surface area (Å²) in [6.45, 7) is 4.10. The largest absolute Gasteiger partial charge is 0.311 e. The zero-order valence-corrected chi connectivity index (χ0v) is 13.0. The quantitative estimate of drug-likeness (QED) is 0.505. The van der Waals surface area contributed by atoms with Gasteiger partial charge in [0.15, 0.2) is 0 Å². The minimum absolute atomic E-state index is 0.311. The molecular weight excluding hydrogens is 276 g/mol. The van der Waals surface area contributed by atoms with Crippen molar-refractivity contribution in [3.05, 3.63) is 65.7 Å². The van der Waals surface area contributed by atoms with Gasteiger partial charge in [-0.2, -0.15) is 0 Å². The van der Waals surface area contributed by atoms with E-state index in [1.54, 1.807) is 36.4 Å². The van der Waals surface area contributed by atoms with Crippen molar-refractivity contribution in [2.75, 3.05) is 12.1 Å². The lowest BCUT2D eigenvalue weighted by atomic mass is 10.0. The van der Waals surface area contributed by atoms with E-state index in [9.17, 15) is 9.59 Å². The van der Waals surface area contributed by atoms with E-state index in [1.807, 2.05) is 44.1 Å². The summed E-state index contributed by atoms with van der Waals surface area (Å²) >= 11 is 0. The van der Waals surface area contributed by atoms with E-state index in [4.69, 9.17) is 0 Å². The van der Waals surface area contributed by atoms with Crippen LogP contribution in [0.5, 0.6) is 0 Å². The molecule has 4 heteroatoms. The van der Waals surface area contributed by atoms with E-state index in [1.165, 1.54) is 0 Å². The summed E-state index contributed by atoms with van der Waals surface area (Å²) in [6.07, 6.45) is 0. The monoisotopic (exact) mass is 296 g/mol. The number of carbonyl (C=O) groups is 2. The Morgan fingerprint density at radius 3 is 1.86 bits per heavy atom. The highest BCUT2D eigenvalue weighted by atomic mass is 16.2. The van der Waals surface area contributed by atoms with Crippen LogP contribution in [-0.2, 0) is 0 Å². The summed E-state index contributed by atoms with van der Waals surface area (Å²) in [5, 5.41) is 1.89. The number of Topliss-reactive ketones (excluding diaryl/α,β-unsaturated/α-hetero) is 2. The van der Waals surface area contributed by atoms with Gasteiger partial charge in [-0.15, -0.1) is 0 Å². The SMILES string of the molecule is CC(C)NN(C)c1ccc(C(=O)C(=O)c2ccccc2)cc1. The molecule has 0 amide bonds. The lowest BCUT2D eigenvalue weighted by molar-refractivity contribution is 0.0817. The Kier molecular flexibility index (Phi) is 5.07. The highest BCUT2D eigenvalue weighted by Crippen LogP contribution is 2.14. The number of carbonyl (C=O) groups excluding carboxylic acids is 2. The molecule has 0 saturated heterocycles. The highest BCUT2D eigenvalue weighted by molar-refractivity contribution is 6.49. The molecule has 22 heavy (non-hydrogen) atoms. The maximum atomic E-state index is 12.2. The molecule has 0 unspecified atom stereocenters. The number of ketones is 2. The zero-order valence-electron chi connectivity index (χ0n) is 13.0. The third-order valence-corrected chi connectivity index (χ3v) is 3.21. The Morgan fingerprint density at radius 2 is 1.36 bits per heavy atom. The molecule has 4 nitrogen and oxygen atoms in total. The van der Waals surface area contributed by atoms with Gasteiger partial charge < -0.3 is 5.01 Å². The third-order valence-electron chi connectivity index (χ3n) is 3.21. The van der Waals surface area contributed by atoms with E-state index in [-0.39, 0.29) is 0 Å². The summed E-state index contributed by atoms with van der Waals surface area (Å²) < 4.78 is 0. The number of hydrazine groups is 1. The second kappa shape index (κ2) is 7.00. The molecule has 0 heterocycles. The van der Waals surface area contributed by atoms with Gasteiger partial charge in [-0.05, 0) is 38.1 Å². The van der Waals surface area contributed by atoms with Crippen molar-refractivity contribution in [3.63, 3.8) is 0 Å². The lowest BCUT2D eigenvalue weighted by Gasteiger charge is -2.23. The molecule has 2 aromatic carbocycles. The molecular formula is C18H20N2O2. The summed E-state index contributed by atoms with van der Waals surface area (Å²) in [5.41, 5.74) is 4.98. The van der Waals surface area contributed by atoms with E-state index < -0.39 is 11.6 Å². The van der Waals surface area contributed by atoms with Crippen LogP contribution in [0.3, 0.4) is 0 Å². The molecule has 0 aliphatic rings. The van der Waals surface area contributed by atoms with Gasteiger partial charge in [0.25, 0.3) is 0 Å². The first-order chi connectivity index (χ1) is 10.5. The average molecular weight is 296 g/mol. The van der Waals surface area contributed by atoms with Crippen LogP contribution in [0.1, 0.15) is 34.6 Å². The Morgan fingerprint density at radius 1 is 0.864 bits per heavy atom. The van der Waals surface area contributed by atoms with Crippen LogP contribution in [0, 0.1) is 0 Å². The molecule has 0 spiro atoms. The number of benzene rings is 2. The number of nitrogens with one attached hydrogen (secondary N) is 1. The number of rotatable bonds is 6. The predicted octanol–water partition coefficient (Wildman–Crippen LogP) is 3.10. The fourth-order valence-electron chi connectivity index (χ4n) is 2.15. The van der Waals surface area contributed by atoms with Crippen LogP contribution in [-0.4, -0.2) is 24.7 Å². The second-order valence-electron chi connectivity index (χ2n) is 5.41. The van der Waals surface area contributed by atoms with Crippen molar-refractivity contribution < 1.29 is 9.59 Å². The molecule has 0 aromatic heterocycles. The Bertz CT molecular complexity index is 649. The smallest absolute Gasteiger partial charge is 0.233 e. The molecule has 1 N–H and O–H groups in total. The fraction of sp³-hybridized carbons (Fsp3) is 0.222. The lowest BCUT2D eigenvalue weighted by Crippen LogP contribution is -2.39. The third kappa shape index (κ3) is 3.80. The van der Waals surface area contributed by atoms with Gasteiger partial charge in [-0.3, -0.25) is 9.59 Å². The molecule has 0 aliphatic carbocycles. The summed E-state index contributed by atoms with van der Waals surface area (Å²) in [6, 6.07) is 15.9. The minimum atomic E-state index is -0.489. The number of anilines is 1. The van der Waals surface area contributed by atoms with E-state index in [0.29, 0.717) is 17.2 Å². The standard InChI is InChI=1S/C18H20N2O2/c1-13(2)19-20(3)16-11-9-15(10-12-16)18(22)17(21)14-7-5-4-6-8-14/h4-13,19H,1-3H3. The highest BCUT2D eigenvalue weighted by Gasteiger charge is 2.18. The van der Waals surface area contributed by atoms with E-state index in [2.05, 4.69) is 5.43 Å². The van der Waals surface area contributed by atoms with Crippen LogP contribution in [0.15, 0.2) is 54.6 Å². The van der Waals surface area contributed by atoms with E-state index >= 15 is 0 Å². The van der Waals surface area contributed by atoms with Gasteiger partial charge in [-0.25, -0.2) is 5.43 Å². The summed E-state index contributed by atoms with van der Waals surface area (Å²) in [4.78, 5) is 24.4. The Balaban J connectivity index is 2.13. The van der Waals surface area contributed by atoms with Gasteiger partial charge in [-0.1, -0.05) is 30.3 Å². The molecule has 0 saturated carbocycles. The first-order valence-electron chi connectivity index (χ1n) is 7.23. The maximum absolute atomic E-state index is 12.2. The van der Waals surface area contributed by atoms with Crippen molar-refractivity contribution in [2.45, 2.75) is 19.9 Å². The Hall–Kier alpha value is -2.46.